The van der Waals surface area contributed by atoms with Gasteiger partial charge >= 0.3 is 0 Å². The molecule has 1 aliphatic rings. The molecule has 0 radical (unpaired) electrons. The van der Waals surface area contributed by atoms with Gasteiger partial charge in [-0.2, -0.15) is 0 Å². The van der Waals surface area contributed by atoms with Crippen LogP contribution in [0.1, 0.15) is 22.6 Å². The van der Waals surface area contributed by atoms with Crippen LogP contribution in [0.5, 0.6) is 0 Å². The van der Waals surface area contributed by atoms with Gasteiger partial charge in [0.15, 0.2) is 0 Å². The Hall–Kier alpha value is -0.860. The topological polar surface area (TPSA) is 32.7 Å². The zero-order valence-corrected chi connectivity index (χ0v) is 11.5. The Bertz CT molecular complexity index is 424. The molecule has 18 heavy (non-hydrogen) atoms. The number of hydrogen-bond donors (Lipinski definition) is 1. The lowest BCUT2D eigenvalue weighted by Gasteiger charge is -2.30. The van der Waals surface area contributed by atoms with Crippen LogP contribution in [0.15, 0.2) is 12.1 Å². The molecule has 4 heteroatoms. The van der Waals surface area contributed by atoms with Crippen molar-refractivity contribution in [3.05, 3.63) is 21.9 Å². The van der Waals surface area contributed by atoms with Crippen LogP contribution in [-0.2, 0) is 11.3 Å². The fourth-order valence-corrected chi connectivity index (χ4v) is 3.11. The first kappa shape index (κ1) is 13.6. The maximum absolute atomic E-state index is 8.65. The van der Waals surface area contributed by atoms with Crippen molar-refractivity contribution < 1.29 is 9.84 Å². The SMILES string of the molecule is COC1CCN(Cc2ccc(C#CCO)s2)CC1. The summed E-state index contributed by atoms with van der Waals surface area (Å²) >= 11 is 1.72. The van der Waals surface area contributed by atoms with Crippen molar-refractivity contribution in [1.29, 1.82) is 0 Å². The average Bonchev–Trinajstić information content (AvgIpc) is 2.85. The zero-order valence-electron chi connectivity index (χ0n) is 10.7. The molecule has 2 rings (SSSR count). The van der Waals surface area contributed by atoms with E-state index in [2.05, 4.69) is 22.8 Å². The van der Waals surface area contributed by atoms with Crippen molar-refractivity contribution in [2.24, 2.45) is 0 Å². The molecule has 1 aromatic heterocycles. The standard InChI is InChI=1S/C14H19NO2S/c1-17-12-6-8-15(9-7-12)11-14-5-4-13(18-14)3-2-10-16/h4-5,12,16H,6-11H2,1H3. The molecule has 0 aromatic carbocycles. The van der Waals surface area contributed by atoms with Gasteiger partial charge in [0, 0.05) is 31.6 Å². The highest BCUT2D eigenvalue weighted by molar-refractivity contribution is 7.12. The number of hydrogen-bond acceptors (Lipinski definition) is 4. The summed E-state index contributed by atoms with van der Waals surface area (Å²) in [6, 6.07) is 4.17. The molecular weight excluding hydrogens is 246 g/mol. The Kier molecular flexibility index (Phi) is 5.21. The largest absolute Gasteiger partial charge is 0.384 e. The molecule has 2 heterocycles. The summed E-state index contributed by atoms with van der Waals surface area (Å²) in [5.74, 6) is 5.63. The molecule has 0 spiro atoms. The highest BCUT2D eigenvalue weighted by atomic mass is 32.1. The van der Waals surface area contributed by atoms with Crippen molar-refractivity contribution in [2.45, 2.75) is 25.5 Å². The van der Waals surface area contributed by atoms with Crippen LogP contribution in [0.25, 0.3) is 0 Å². The van der Waals surface area contributed by atoms with Gasteiger partial charge in [-0.1, -0.05) is 11.8 Å². The minimum absolute atomic E-state index is 0.0717. The van der Waals surface area contributed by atoms with Crippen LogP contribution >= 0.6 is 11.3 Å². The summed E-state index contributed by atoms with van der Waals surface area (Å²) in [6.07, 6.45) is 2.69. The second-order valence-electron chi connectivity index (χ2n) is 4.44. The van der Waals surface area contributed by atoms with Crippen LogP contribution in [0.2, 0.25) is 0 Å². The number of thiophene rings is 1. The van der Waals surface area contributed by atoms with Crippen molar-refractivity contribution in [2.75, 3.05) is 26.8 Å². The molecular formula is C14H19NO2S. The van der Waals surface area contributed by atoms with E-state index in [0.29, 0.717) is 6.10 Å². The molecule has 0 aliphatic carbocycles. The Labute approximate surface area is 112 Å². The van der Waals surface area contributed by atoms with Gasteiger partial charge in [0.25, 0.3) is 0 Å². The van der Waals surface area contributed by atoms with E-state index >= 15 is 0 Å². The Morgan fingerprint density at radius 2 is 2.22 bits per heavy atom. The van der Waals surface area contributed by atoms with Crippen molar-refractivity contribution >= 4 is 11.3 Å². The van der Waals surface area contributed by atoms with Gasteiger partial charge < -0.3 is 9.84 Å². The predicted molar refractivity (Wildman–Crippen MR) is 73.6 cm³/mol. The zero-order chi connectivity index (χ0) is 12.8. The highest BCUT2D eigenvalue weighted by Gasteiger charge is 2.18. The van der Waals surface area contributed by atoms with Gasteiger partial charge in [-0.05, 0) is 25.0 Å². The molecule has 1 N–H and O–H groups in total. The van der Waals surface area contributed by atoms with E-state index in [1.165, 1.54) is 4.88 Å². The lowest BCUT2D eigenvalue weighted by Crippen LogP contribution is -2.35. The average molecular weight is 265 g/mol. The second-order valence-corrected chi connectivity index (χ2v) is 5.61. The van der Waals surface area contributed by atoms with E-state index in [-0.39, 0.29) is 6.61 Å². The maximum Gasteiger partial charge on any atom is 0.104 e. The Balaban J connectivity index is 1.85. The first-order valence-corrected chi connectivity index (χ1v) is 7.07. The van der Waals surface area contributed by atoms with E-state index < -0.39 is 0 Å². The van der Waals surface area contributed by atoms with Gasteiger partial charge in [0.1, 0.15) is 6.61 Å². The van der Waals surface area contributed by atoms with Crippen LogP contribution in [0, 0.1) is 11.8 Å². The molecule has 1 saturated heterocycles. The molecule has 0 saturated carbocycles. The molecule has 1 aliphatic heterocycles. The van der Waals surface area contributed by atoms with E-state index in [0.717, 1.165) is 37.4 Å². The fraction of sp³-hybridized carbons (Fsp3) is 0.571. The molecule has 0 amide bonds. The van der Waals surface area contributed by atoms with Crippen LogP contribution in [0.4, 0.5) is 0 Å². The van der Waals surface area contributed by atoms with Gasteiger partial charge in [-0.3, -0.25) is 4.90 Å². The van der Waals surface area contributed by atoms with E-state index in [1.807, 2.05) is 6.07 Å². The molecule has 0 atom stereocenters. The number of aliphatic hydroxyl groups excluding tert-OH is 1. The Morgan fingerprint density at radius 1 is 1.44 bits per heavy atom. The second kappa shape index (κ2) is 6.91. The number of likely N-dealkylation sites (tertiary alicyclic amines) is 1. The smallest absolute Gasteiger partial charge is 0.104 e. The number of piperidine rings is 1. The minimum Gasteiger partial charge on any atom is -0.384 e. The third kappa shape index (κ3) is 3.82. The van der Waals surface area contributed by atoms with Crippen molar-refractivity contribution in [3.63, 3.8) is 0 Å². The first-order chi connectivity index (χ1) is 8.81. The molecule has 3 nitrogen and oxygen atoms in total. The third-order valence-corrected chi connectivity index (χ3v) is 4.19. The molecule has 98 valence electrons. The predicted octanol–water partition coefficient (Wildman–Crippen LogP) is 1.70. The summed E-state index contributed by atoms with van der Waals surface area (Å²) in [5, 5.41) is 8.65. The summed E-state index contributed by atoms with van der Waals surface area (Å²) in [4.78, 5) is 4.84. The third-order valence-electron chi connectivity index (χ3n) is 3.20. The van der Waals surface area contributed by atoms with Crippen molar-refractivity contribution in [1.82, 2.24) is 4.90 Å². The highest BCUT2D eigenvalue weighted by Crippen LogP contribution is 2.20. The lowest BCUT2D eigenvalue weighted by molar-refractivity contribution is 0.0391. The van der Waals surface area contributed by atoms with Crippen molar-refractivity contribution in [3.8, 4) is 11.8 Å². The summed E-state index contributed by atoms with van der Waals surface area (Å²) in [7, 11) is 1.80. The van der Waals surface area contributed by atoms with E-state index in [4.69, 9.17) is 9.84 Å². The Morgan fingerprint density at radius 3 is 2.89 bits per heavy atom. The molecule has 1 aromatic rings. The van der Waals surface area contributed by atoms with Gasteiger partial charge in [0.2, 0.25) is 0 Å². The van der Waals surface area contributed by atoms with Gasteiger partial charge in [-0.25, -0.2) is 0 Å². The summed E-state index contributed by atoms with van der Waals surface area (Å²) in [6.45, 7) is 3.14. The quantitative estimate of drug-likeness (QED) is 0.844. The van der Waals surface area contributed by atoms with E-state index in [1.54, 1.807) is 18.4 Å². The van der Waals surface area contributed by atoms with Crippen LogP contribution in [0.3, 0.4) is 0 Å². The normalized spacial score (nSPS) is 17.4. The fourth-order valence-electron chi connectivity index (χ4n) is 2.18. The molecule has 1 fully saturated rings. The first-order valence-electron chi connectivity index (χ1n) is 6.25. The van der Waals surface area contributed by atoms with Gasteiger partial charge in [-0.15, -0.1) is 11.3 Å². The monoisotopic (exact) mass is 265 g/mol. The molecule has 0 unspecified atom stereocenters. The maximum atomic E-state index is 8.65. The number of nitrogens with zero attached hydrogens (tertiary/aromatic N) is 1. The number of aliphatic hydroxyl groups is 1. The number of methoxy groups -OCH3 is 1. The van der Waals surface area contributed by atoms with E-state index in [9.17, 15) is 0 Å². The minimum atomic E-state index is -0.0717. The van der Waals surface area contributed by atoms with Crippen LogP contribution in [-0.4, -0.2) is 42.9 Å². The van der Waals surface area contributed by atoms with Gasteiger partial charge in [0.05, 0.1) is 11.0 Å². The summed E-state index contributed by atoms with van der Waals surface area (Å²) in [5.41, 5.74) is 0. The van der Waals surface area contributed by atoms with Crippen LogP contribution < -0.4 is 0 Å². The number of ether oxygens (including phenoxy) is 1. The lowest BCUT2D eigenvalue weighted by atomic mass is 10.1. The molecule has 0 bridgehead atoms. The summed E-state index contributed by atoms with van der Waals surface area (Å²) < 4.78 is 5.37. The number of rotatable bonds is 3.